The maximum absolute atomic E-state index is 12.2. The summed E-state index contributed by atoms with van der Waals surface area (Å²) in [4.78, 5) is 14.1. The van der Waals surface area contributed by atoms with Gasteiger partial charge < -0.3 is 15.0 Å². The Bertz CT molecular complexity index is 334. The van der Waals surface area contributed by atoms with Gasteiger partial charge in [-0.1, -0.05) is 13.3 Å². The highest BCUT2D eigenvalue weighted by atomic mass is 16.6. The summed E-state index contributed by atoms with van der Waals surface area (Å²) in [7, 11) is 0. The molecule has 4 nitrogen and oxygen atoms in total. The molecule has 0 radical (unpaired) electrons. The number of rotatable bonds is 4. The molecule has 1 N–H and O–H groups in total. The minimum atomic E-state index is -0.410. The maximum Gasteiger partial charge on any atom is 0.410 e. The van der Waals surface area contributed by atoms with Crippen LogP contribution in [0, 0.1) is 11.8 Å². The first-order valence-corrected chi connectivity index (χ1v) is 8.08. The zero-order chi connectivity index (χ0) is 14.8. The van der Waals surface area contributed by atoms with Crippen molar-refractivity contribution in [3.8, 4) is 0 Å². The van der Waals surface area contributed by atoms with Crippen LogP contribution in [0.4, 0.5) is 4.79 Å². The Morgan fingerprint density at radius 1 is 1.25 bits per heavy atom. The number of carbonyl (C=O) groups excluding carboxylic acids is 1. The van der Waals surface area contributed by atoms with E-state index in [0.717, 1.165) is 32.0 Å². The number of nitrogens with zero attached hydrogens (tertiary/aromatic N) is 1. The third-order valence-corrected chi connectivity index (χ3v) is 4.16. The Balaban J connectivity index is 1.87. The molecule has 2 unspecified atom stereocenters. The molecule has 2 fully saturated rings. The number of piperidine rings is 1. The second kappa shape index (κ2) is 6.33. The molecule has 0 aromatic heterocycles. The molecule has 0 aromatic rings. The Morgan fingerprint density at radius 3 is 2.50 bits per heavy atom. The maximum atomic E-state index is 12.2. The van der Waals surface area contributed by atoms with Crippen LogP contribution in [-0.2, 0) is 4.74 Å². The van der Waals surface area contributed by atoms with E-state index in [1.807, 2.05) is 25.7 Å². The highest BCUT2D eigenvalue weighted by Gasteiger charge is 2.32. The molecule has 2 atom stereocenters. The van der Waals surface area contributed by atoms with E-state index in [9.17, 15) is 4.79 Å². The fourth-order valence-corrected chi connectivity index (χ4v) is 2.78. The highest BCUT2D eigenvalue weighted by molar-refractivity contribution is 5.68. The lowest BCUT2D eigenvalue weighted by Gasteiger charge is -2.38. The summed E-state index contributed by atoms with van der Waals surface area (Å²) in [6.07, 6.45) is 4.89. The van der Waals surface area contributed by atoms with Crippen molar-refractivity contribution < 1.29 is 9.53 Å². The fourth-order valence-electron chi connectivity index (χ4n) is 2.78. The van der Waals surface area contributed by atoms with E-state index >= 15 is 0 Å². The van der Waals surface area contributed by atoms with Gasteiger partial charge in [-0.2, -0.15) is 0 Å². The minimum Gasteiger partial charge on any atom is -0.444 e. The zero-order valence-electron chi connectivity index (χ0n) is 13.4. The first-order chi connectivity index (χ1) is 9.37. The number of likely N-dealkylation sites (tertiary alicyclic amines) is 1. The van der Waals surface area contributed by atoms with E-state index in [0.29, 0.717) is 12.0 Å². The number of carbonyl (C=O) groups is 1. The van der Waals surface area contributed by atoms with Crippen LogP contribution in [0.25, 0.3) is 0 Å². The van der Waals surface area contributed by atoms with Crippen LogP contribution in [0.3, 0.4) is 0 Å². The minimum absolute atomic E-state index is 0.158. The van der Waals surface area contributed by atoms with E-state index in [4.69, 9.17) is 4.74 Å². The van der Waals surface area contributed by atoms with Gasteiger partial charge in [-0.25, -0.2) is 4.79 Å². The summed E-state index contributed by atoms with van der Waals surface area (Å²) in [6.45, 7) is 10.7. The van der Waals surface area contributed by atoms with Gasteiger partial charge in [0.1, 0.15) is 5.60 Å². The summed E-state index contributed by atoms with van der Waals surface area (Å²) >= 11 is 0. The van der Waals surface area contributed by atoms with E-state index in [1.54, 1.807) is 0 Å². The van der Waals surface area contributed by atoms with Crippen molar-refractivity contribution >= 4 is 6.09 Å². The smallest absolute Gasteiger partial charge is 0.410 e. The fraction of sp³-hybridized carbons (Fsp3) is 0.938. The third-order valence-electron chi connectivity index (χ3n) is 4.16. The zero-order valence-corrected chi connectivity index (χ0v) is 13.4. The van der Waals surface area contributed by atoms with E-state index in [2.05, 4.69) is 12.2 Å². The number of hydrogen-bond acceptors (Lipinski definition) is 3. The molecule has 116 valence electrons. The average molecular weight is 282 g/mol. The molecule has 1 aliphatic carbocycles. The van der Waals surface area contributed by atoms with Gasteiger partial charge in [0.15, 0.2) is 0 Å². The molecule has 1 saturated carbocycles. The van der Waals surface area contributed by atoms with Crippen LogP contribution in [0.15, 0.2) is 0 Å². The van der Waals surface area contributed by atoms with Crippen molar-refractivity contribution in [1.82, 2.24) is 10.2 Å². The van der Waals surface area contributed by atoms with Crippen LogP contribution in [0.5, 0.6) is 0 Å². The second-order valence-corrected chi connectivity index (χ2v) is 7.44. The van der Waals surface area contributed by atoms with Gasteiger partial charge in [0.05, 0.1) is 0 Å². The summed E-state index contributed by atoms with van der Waals surface area (Å²) in [6, 6.07) is 0.432. The van der Waals surface area contributed by atoms with Gasteiger partial charge in [-0.15, -0.1) is 0 Å². The third kappa shape index (κ3) is 4.97. The standard InChI is InChI=1S/C16H30N2O2/c1-5-12-8-14(17-9-13-6-7-13)11-18(10-12)15(19)20-16(2,3)4/h12-14,17H,5-11H2,1-4H3. The van der Waals surface area contributed by atoms with Crippen molar-refractivity contribution in [2.45, 2.75) is 65.0 Å². The molecular formula is C16H30N2O2. The van der Waals surface area contributed by atoms with Crippen molar-refractivity contribution in [2.24, 2.45) is 11.8 Å². The largest absolute Gasteiger partial charge is 0.444 e. The van der Waals surface area contributed by atoms with Crippen LogP contribution < -0.4 is 5.32 Å². The van der Waals surface area contributed by atoms with Gasteiger partial charge in [0, 0.05) is 19.1 Å². The number of nitrogens with one attached hydrogen (secondary N) is 1. The number of ether oxygens (including phenoxy) is 1. The van der Waals surface area contributed by atoms with Crippen molar-refractivity contribution in [1.29, 1.82) is 0 Å². The molecule has 20 heavy (non-hydrogen) atoms. The topological polar surface area (TPSA) is 41.6 Å². The normalized spacial score (nSPS) is 27.5. The quantitative estimate of drug-likeness (QED) is 0.862. The van der Waals surface area contributed by atoms with E-state index in [1.165, 1.54) is 19.3 Å². The lowest BCUT2D eigenvalue weighted by atomic mass is 9.92. The molecule has 4 heteroatoms. The molecule has 2 aliphatic rings. The summed E-state index contributed by atoms with van der Waals surface area (Å²) in [5, 5.41) is 3.65. The van der Waals surface area contributed by atoms with Gasteiger partial charge >= 0.3 is 6.09 Å². The van der Waals surface area contributed by atoms with Crippen molar-refractivity contribution in [3.05, 3.63) is 0 Å². The average Bonchev–Trinajstić information content (AvgIpc) is 3.18. The molecular weight excluding hydrogens is 252 g/mol. The molecule has 0 spiro atoms. The van der Waals surface area contributed by atoms with E-state index in [-0.39, 0.29) is 6.09 Å². The first kappa shape index (κ1) is 15.6. The van der Waals surface area contributed by atoms with Crippen molar-refractivity contribution in [2.75, 3.05) is 19.6 Å². The molecule has 1 saturated heterocycles. The van der Waals surface area contributed by atoms with Crippen LogP contribution >= 0.6 is 0 Å². The second-order valence-electron chi connectivity index (χ2n) is 7.44. The molecule has 0 aromatic carbocycles. The number of hydrogen-bond donors (Lipinski definition) is 1. The predicted octanol–water partition coefficient (Wildman–Crippen LogP) is 3.02. The Morgan fingerprint density at radius 2 is 1.95 bits per heavy atom. The molecule has 1 heterocycles. The predicted molar refractivity (Wildman–Crippen MR) is 80.7 cm³/mol. The Kier molecular flexibility index (Phi) is 4.95. The summed E-state index contributed by atoms with van der Waals surface area (Å²) < 4.78 is 5.52. The summed E-state index contributed by atoms with van der Waals surface area (Å²) in [5.74, 6) is 1.47. The number of amides is 1. The highest BCUT2D eigenvalue weighted by Crippen LogP contribution is 2.28. The van der Waals surface area contributed by atoms with E-state index < -0.39 is 5.60 Å². The monoisotopic (exact) mass is 282 g/mol. The van der Waals surface area contributed by atoms with Gasteiger partial charge in [0.2, 0.25) is 0 Å². The first-order valence-electron chi connectivity index (χ1n) is 8.08. The SMILES string of the molecule is CCC1CC(NCC2CC2)CN(C(=O)OC(C)(C)C)C1. The molecule has 0 bridgehead atoms. The molecule has 1 amide bonds. The van der Waals surface area contributed by atoms with Crippen LogP contribution in [0.2, 0.25) is 0 Å². The van der Waals surface area contributed by atoms with Crippen molar-refractivity contribution in [3.63, 3.8) is 0 Å². The van der Waals surface area contributed by atoms with Crippen LogP contribution in [0.1, 0.15) is 53.4 Å². The lowest BCUT2D eigenvalue weighted by molar-refractivity contribution is 0.0125. The van der Waals surface area contributed by atoms with Gasteiger partial charge in [0.25, 0.3) is 0 Å². The Hall–Kier alpha value is -0.770. The molecule has 1 aliphatic heterocycles. The Labute approximate surface area is 123 Å². The summed E-state index contributed by atoms with van der Waals surface area (Å²) in [5.41, 5.74) is -0.410. The lowest BCUT2D eigenvalue weighted by Crippen LogP contribution is -2.52. The molecule has 2 rings (SSSR count). The van der Waals surface area contributed by atoms with Crippen LogP contribution in [-0.4, -0.2) is 42.3 Å². The van der Waals surface area contributed by atoms with Gasteiger partial charge in [-0.05, 0) is 58.4 Å². The van der Waals surface area contributed by atoms with Gasteiger partial charge in [-0.3, -0.25) is 0 Å².